The summed E-state index contributed by atoms with van der Waals surface area (Å²) in [5.74, 6) is 0.483. The Morgan fingerprint density at radius 3 is 2.46 bits per heavy atom. The maximum atomic E-state index is 11.3. The lowest BCUT2D eigenvalue weighted by Gasteiger charge is -2.29. The molecule has 0 aliphatic heterocycles. The highest BCUT2D eigenvalue weighted by Crippen LogP contribution is 2.36. The monoisotopic (exact) mass is 184 g/mol. The second-order valence-electron chi connectivity index (χ2n) is 4.64. The van der Waals surface area contributed by atoms with E-state index >= 15 is 0 Å². The zero-order valence-electron chi connectivity index (χ0n) is 8.76. The molecule has 3 heteroatoms. The van der Waals surface area contributed by atoms with Crippen LogP contribution in [-0.4, -0.2) is 17.5 Å². The van der Waals surface area contributed by atoms with Crippen LogP contribution in [0.4, 0.5) is 0 Å². The third kappa shape index (κ3) is 2.99. The number of hydrogen-bond acceptors (Lipinski definition) is 2. The Morgan fingerprint density at radius 2 is 2.15 bits per heavy atom. The lowest BCUT2D eigenvalue weighted by molar-refractivity contribution is -0.124. The van der Waals surface area contributed by atoms with Crippen LogP contribution in [-0.2, 0) is 4.79 Å². The van der Waals surface area contributed by atoms with Crippen molar-refractivity contribution in [3.63, 3.8) is 0 Å². The van der Waals surface area contributed by atoms with Crippen LogP contribution in [0.25, 0.3) is 0 Å². The van der Waals surface area contributed by atoms with Crippen molar-refractivity contribution in [2.45, 2.75) is 51.6 Å². The average Bonchev–Trinajstić information content (AvgIpc) is 2.69. The minimum absolute atomic E-state index is 0.229. The van der Waals surface area contributed by atoms with Gasteiger partial charge in [0.05, 0.1) is 5.54 Å². The van der Waals surface area contributed by atoms with Gasteiger partial charge in [-0.15, -0.1) is 0 Å². The van der Waals surface area contributed by atoms with E-state index in [4.69, 9.17) is 5.73 Å². The second kappa shape index (κ2) is 3.66. The van der Waals surface area contributed by atoms with E-state index in [0.717, 1.165) is 6.42 Å². The average molecular weight is 184 g/mol. The summed E-state index contributed by atoms with van der Waals surface area (Å²) in [6, 6.07) is 0.302. The van der Waals surface area contributed by atoms with Crippen LogP contribution in [0.2, 0.25) is 0 Å². The van der Waals surface area contributed by atoms with E-state index in [0.29, 0.717) is 12.0 Å². The fourth-order valence-electron chi connectivity index (χ4n) is 1.77. The van der Waals surface area contributed by atoms with Crippen LogP contribution >= 0.6 is 0 Å². The number of carbonyl (C=O) groups excluding carboxylic acids is 1. The summed E-state index contributed by atoms with van der Waals surface area (Å²) < 4.78 is 0. The van der Waals surface area contributed by atoms with Crippen molar-refractivity contribution >= 4 is 5.91 Å². The maximum absolute atomic E-state index is 11.3. The first-order valence-electron chi connectivity index (χ1n) is 5.01. The minimum atomic E-state index is -0.505. The summed E-state index contributed by atoms with van der Waals surface area (Å²) in [6.45, 7) is 5.98. The predicted octanol–water partition coefficient (Wildman–Crippen LogP) is 1.03. The largest absolute Gasteiger partial charge is 0.368 e. The molecule has 0 heterocycles. The van der Waals surface area contributed by atoms with Gasteiger partial charge in [-0.1, -0.05) is 12.8 Å². The van der Waals surface area contributed by atoms with Crippen molar-refractivity contribution in [2.24, 2.45) is 11.7 Å². The molecule has 3 nitrogen and oxygen atoms in total. The van der Waals surface area contributed by atoms with Crippen LogP contribution < -0.4 is 11.1 Å². The smallest absolute Gasteiger partial charge is 0.237 e. The van der Waals surface area contributed by atoms with Gasteiger partial charge in [0, 0.05) is 6.04 Å². The first-order valence-corrected chi connectivity index (χ1v) is 5.01. The zero-order valence-corrected chi connectivity index (χ0v) is 8.76. The molecule has 1 aliphatic carbocycles. The van der Waals surface area contributed by atoms with E-state index in [1.807, 2.05) is 20.8 Å². The highest BCUT2D eigenvalue weighted by Gasteiger charge is 2.37. The Kier molecular flexibility index (Phi) is 2.96. The van der Waals surface area contributed by atoms with Crippen LogP contribution in [0.3, 0.4) is 0 Å². The number of hydrogen-bond donors (Lipinski definition) is 2. The first kappa shape index (κ1) is 10.5. The van der Waals surface area contributed by atoms with E-state index in [9.17, 15) is 4.79 Å². The molecule has 0 radical (unpaired) electrons. The third-order valence-corrected chi connectivity index (χ3v) is 2.54. The zero-order chi connectivity index (χ0) is 10.1. The van der Waals surface area contributed by atoms with E-state index in [1.165, 1.54) is 12.8 Å². The topological polar surface area (TPSA) is 55.1 Å². The Morgan fingerprint density at radius 1 is 1.62 bits per heavy atom. The molecule has 13 heavy (non-hydrogen) atoms. The van der Waals surface area contributed by atoms with E-state index in [2.05, 4.69) is 5.32 Å². The van der Waals surface area contributed by atoms with Crippen molar-refractivity contribution in [1.82, 2.24) is 5.32 Å². The molecule has 0 aromatic heterocycles. The van der Waals surface area contributed by atoms with Gasteiger partial charge >= 0.3 is 0 Å². The summed E-state index contributed by atoms with van der Waals surface area (Å²) >= 11 is 0. The van der Waals surface area contributed by atoms with Crippen molar-refractivity contribution in [2.75, 3.05) is 0 Å². The van der Waals surface area contributed by atoms with Crippen LogP contribution in [0, 0.1) is 5.92 Å². The molecular formula is C10H20N2O. The fourth-order valence-corrected chi connectivity index (χ4v) is 1.77. The van der Waals surface area contributed by atoms with Gasteiger partial charge in [-0.25, -0.2) is 0 Å². The minimum Gasteiger partial charge on any atom is -0.368 e. The van der Waals surface area contributed by atoms with Crippen LogP contribution in [0.15, 0.2) is 0 Å². The molecule has 3 N–H and O–H groups in total. The van der Waals surface area contributed by atoms with Gasteiger partial charge in [-0.3, -0.25) is 4.79 Å². The number of amides is 1. The van der Waals surface area contributed by atoms with Gasteiger partial charge in [-0.2, -0.15) is 0 Å². The molecule has 0 saturated heterocycles. The quantitative estimate of drug-likeness (QED) is 0.670. The highest BCUT2D eigenvalue weighted by molar-refractivity contribution is 5.84. The number of carbonyl (C=O) groups is 1. The maximum Gasteiger partial charge on any atom is 0.237 e. The van der Waals surface area contributed by atoms with Gasteiger partial charge in [0.2, 0.25) is 5.91 Å². The molecule has 76 valence electrons. The molecule has 1 rings (SSSR count). The van der Waals surface area contributed by atoms with Gasteiger partial charge in [0.25, 0.3) is 0 Å². The summed E-state index contributed by atoms with van der Waals surface area (Å²) in [5.41, 5.74) is 4.89. The summed E-state index contributed by atoms with van der Waals surface area (Å²) in [7, 11) is 0. The highest BCUT2D eigenvalue weighted by atomic mass is 16.1. The molecule has 1 amide bonds. The molecule has 0 aromatic carbocycles. The third-order valence-electron chi connectivity index (χ3n) is 2.54. The normalized spacial score (nSPS) is 21.5. The Hall–Kier alpha value is -0.570. The Balaban J connectivity index is 2.55. The van der Waals surface area contributed by atoms with Gasteiger partial charge in [-0.05, 0) is 33.1 Å². The molecule has 1 unspecified atom stereocenters. The predicted molar refractivity (Wildman–Crippen MR) is 53.2 cm³/mol. The number of rotatable bonds is 5. The molecule has 0 spiro atoms. The number of nitrogens with two attached hydrogens (primary N) is 1. The van der Waals surface area contributed by atoms with Crippen molar-refractivity contribution < 1.29 is 4.79 Å². The van der Waals surface area contributed by atoms with Crippen molar-refractivity contribution in [3.05, 3.63) is 0 Å². The second-order valence-corrected chi connectivity index (χ2v) is 4.64. The SMILES string of the molecule is CC(C)NC(C)(CC1CC1)C(N)=O. The van der Waals surface area contributed by atoms with Crippen LogP contribution in [0.5, 0.6) is 0 Å². The Bertz CT molecular complexity index is 193. The standard InChI is InChI=1S/C10H20N2O/c1-7(2)12-10(3,9(11)13)6-8-4-5-8/h7-8,12H,4-6H2,1-3H3,(H2,11,13). The van der Waals surface area contributed by atoms with E-state index in [-0.39, 0.29) is 5.91 Å². The first-order chi connectivity index (χ1) is 5.94. The molecule has 1 fully saturated rings. The molecule has 0 bridgehead atoms. The molecule has 1 aliphatic rings. The molecule has 0 aromatic rings. The fraction of sp³-hybridized carbons (Fsp3) is 0.900. The molecule has 1 saturated carbocycles. The van der Waals surface area contributed by atoms with Gasteiger partial charge in [0.1, 0.15) is 0 Å². The van der Waals surface area contributed by atoms with E-state index in [1.54, 1.807) is 0 Å². The van der Waals surface area contributed by atoms with Gasteiger partial charge in [0.15, 0.2) is 0 Å². The van der Waals surface area contributed by atoms with Crippen molar-refractivity contribution in [1.29, 1.82) is 0 Å². The molecule has 1 atom stereocenters. The Labute approximate surface area is 80.1 Å². The summed E-state index contributed by atoms with van der Waals surface area (Å²) in [4.78, 5) is 11.3. The van der Waals surface area contributed by atoms with Crippen LogP contribution in [0.1, 0.15) is 40.0 Å². The summed E-state index contributed by atoms with van der Waals surface area (Å²) in [5, 5.41) is 3.25. The molecular weight excluding hydrogens is 164 g/mol. The number of primary amides is 1. The summed E-state index contributed by atoms with van der Waals surface area (Å²) in [6.07, 6.45) is 3.39. The lowest BCUT2D eigenvalue weighted by atomic mass is 9.93. The van der Waals surface area contributed by atoms with Gasteiger partial charge < -0.3 is 11.1 Å². The number of nitrogens with one attached hydrogen (secondary N) is 1. The lowest BCUT2D eigenvalue weighted by Crippen LogP contribution is -2.55. The van der Waals surface area contributed by atoms with Crippen molar-refractivity contribution in [3.8, 4) is 0 Å². The van der Waals surface area contributed by atoms with E-state index < -0.39 is 5.54 Å².